The Labute approximate surface area is 190 Å². The summed E-state index contributed by atoms with van der Waals surface area (Å²) in [6.07, 6.45) is 0. The zero-order valence-corrected chi connectivity index (χ0v) is 20.1. The molecule has 6 nitrogen and oxygen atoms in total. The van der Waals surface area contributed by atoms with Crippen LogP contribution in [-0.2, 0) is 13.1 Å². The third kappa shape index (κ3) is 5.25. The lowest BCUT2D eigenvalue weighted by molar-refractivity contribution is 0.0976. The molecular weight excluding hydrogens is 398 g/mol. The Kier molecular flexibility index (Phi) is 7.13. The minimum Gasteiger partial charge on any atom is -0.326 e. The molecule has 2 N–H and O–H groups in total. The molecular formula is C26H33N5O. The molecule has 168 valence electrons. The number of hydrogen-bond acceptors (Lipinski definition) is 3. The number of aromatic nitrogens is 2. The molecule has 0 bridgehead atoms. The molecule has 0 aliphatic carbocycles. The molecule has 2 aromatic carbocycles. The molecule has 0 saturated carbocycles. The second-order valence-electron chi connectivity index (χ2n) is 8.33. The summed E-state index contributed by atoms with van der Waals surface area (Å²) >= 11 is 0. The number of carbonyl (C=O) groups excluding carboxylic acids is 1. The molecule has 0 spiro atoms. The minimum atomic E-state index is -0.189. The summed E-state index contributed by atoms with van der Waals surface area (Å²) < 4.78 is 1.98. The Morgan fingerprint density at radius 2 is 1.72 bits per heavy atom. The Morgan fingerprint density at radius 3 is 2.34 bits per heavy atom. The van der Waals surface area contributed by atoms with Crippen molar-refractivity contribution in [2.45, 2.75) is 61.6 Å². The van der Waals surface area contributed by atoms with Crippen molar-refractivity contribution >= 4 is 17.6 Å². The van der Waals surface area contributed by atoms with Gasteiger partial charge in [0.15, 0.2) is 0 Å². The fourth-order valence-electron chi connectivity index (χ4n) is 3.84. The molecule has 3 aromatic rings. The summed E-state index contributed by atoms with van der Waals surface area (Å²) in [5.74, 6) is 0.233. The number of anilines is 1. The monoisotopic (exact) mass is 431 g/mol. The molecule has 6 heteroatoms. The van der Waals surface area contributed by atoms with Crippen LogP contribution < -0.4 is 10.6 Å². The number of hydrogen-bond donors (Lipinski definition) is 2. The number of aryl methyl sites for hydroxylation is 5. The average Bonchev–Trinajstić information content (AvgIpc) is 3.01. The number of rotatable bonds is 5. The van der Waals surface area contributed by atoms with Crippen LogP contribution in [0, 0.1) is 41.5 Å². The van der Waals surface area contributed by atoms with Gasteiger partial charge in [-0.1, -0.05) is 29.3 Å². The molecule has 0 atom stereocenters. The zero-order chi connectivity index (χ0) is 23.4. The number of benzene rings is 2. The quantitative estimate of drug-likeness (QED) is 0.433. The van der Waals surface area contributed by atoms with Gasteiger partial charge in [-0.25, -0.2) is 4.99 Å². The van der Waals surface area contributed by atoms with E-state index in [2.05, 4.69) is 55.6 Å². The number of aliphatic imine (C=N–C) groups is 1. The standard InChI is InChI=1S/C26H33N5O/c1-8-31-21(7)23(20(6)30-31)15-27-26(28-24-11-9-10-18(4)19(24)5)29-25(32)22-13-16(2)12-17(3)14-22/h9-14H,8,15H2,1-7H3,(H2,27,28,29,32). The van der Waals surface area contributed by atoms with Crippen LogP contribution in [0.3, 0.4) is 0 Å². The van der Waals surface area contributed by atoms with E-state index >= 15 is 0 Å². The first kappa shape index (κ1) is 23.3. The molecule has 0 aliphatic heterocycles. The van der Waals surface area contributed by atoms with Gasteiger partial charge in [0.2, 0.25) is 5.96 Å². The van der Waals surface area contributed by atoms with Crippen LogP contribution in [0.15, 0.2) is 41.4 Å². The van der Waals surface area contributed by atoms with Gasteiger partial charge >= 0.3 is 0 Å². The summed E-state index contributed by atoms with van der Waals surface area (Å²) in [5, 5.41) is 10.9. The van der Waals surface area contributed by atoms with Gasteiger partial charge in [0.25, 0.3) is 5.91 Å². The third-order valence-electron chi connectivity index (χ3n) is 5.80. The van der Waals surface area contributed by atoms with Crippen molar-refractivity contribution < 1.29 is 4.79 Å². The van der Waals surface area contributed by atoms with Gasteiger partial charge in [-0.15, -0.1) is 0 Å². The van der Waals surface area contributed by atoms with E-state index in [0.717, 1.165) is 45.9 Å². The first-order chi connectivity index (χ1) is 15.2. The van der Waals surface area contributed by atoms with Crippen molar-refractivity contribution in [1.82, 2.24) is 15.1 Å². The fraction of sp³-hybridized carbons (Fsp3) is 0.346. The fourth-order valence-corrected chi connectivity index (χ4v) is 3.84. The Hall–Kier alpha value is -3.41. The highest BCUT2D eigenvalue weighted by molar-refractivity contribution is 6.10. The van der Waals surface area contributed by atoms with E-state index in [4.69, 9.17) is 4.99 Å². The number of carbonyl (C=O) groups is 1. The predicted octanol–water partition coefficient (Wildman–Crippen LogP) is 5.15. The summed E-state index contributed by atoms with van der Waals surface area (Å²) in [6.45, 7) is 15.5. The van der Waals surface area contributed by atoms with Crippen molar-refractivity contribution in [1.29, 1.82) is 0 Å². The zero-order valence-electron chi connectivity index (χ0n) is 20.1. The molecule has 0 unspecified atom stereocenters. The topological polar surface area (TPSA) is 71.3 Å². The van der Waals surface area contributed by atoms with E-state index in [1.807, 2.05) is 49.7 Å². The van der Waals surface area contributed by atoms with E-state index in [9.17, 15) is 4.79 Å². The highest BCUT2D eigenvalue weighted by atomic mass is 16.1. The largest absolute Gasteiger partial charge is 0.326 e. The van der Waals surface area contributed by atoms with Crippen molar-refractivity contribution in [3.05, 3.63) is 81.2 Å². The first-order valence-electron chi connectivity index (χ1n) is 11.0. The predicted molar refractivity (Wildman–Crippen MR) is 131 cm³/mol. The Balaban J connectivity index is 1.93. The molecule has 0 fully saturated rings. The van der Waals surface area contributed by atoms with Gasteiger partial charge in [-0.2, -0.15) is 5.10 Å². The Morgan fingerprint density at radius 1 is 1.03 bits per heavy atom. The first-order valence-corrected chi connectivity index (χ1v) is 11.0. The van der Waals surface area contributed by atoms with E-state index in [0.29, 0.717) is 18.1 Å². The van der Waals surface area contributed by atoms with E-state index in [1.165, 1.54) is 5.56 Å². The average molecular weight is 432 g/mol. The number of nitrogens with one attached hydrogen (secondary N) is 2. The number of nitrogens with zero attached hydrogens (tertiary/aromatic N) is 3. The molecule has 1 amide bonds. The second-order valence-corrected chi connectivity index (χ2v) is 8.33. The maximum absolute atomic E-state index is 13.0. The molecule has 1 aromatic heterocycles. The van der Waals surface area contributed by atoms with Crippen LogP contribution in [0.2, 0.25) is 0 Å². The van der Waals surface area contributed by atoms with E-state index in [-0.39, 0.29) is 5.91 Å². The van der Waals surface area contributed by atoms with Gasteiger partial charge < -0.3 is 5.32 Å². The van der Waals surface area contributed by atoms with Crippen molar-refractivity contribution in [2.75, 3.05) is 5.32 Å². The van der Waals surface area contributed by atoms with Crippen LogP contribution in [0.4, 0.5) is 5.69 Å². The normalized spacial score (nSPS) is 11.5. The highest BCUT2D eigenvalue weighted by Crippen LogP contribution is 2.19. The van der Waals surface area contributed by atoms with Crippen LogP contribution in [-0.4, -0.2) is 21.6 Å². The molecule has 0 saturated heterocycles. The summed E-state index contributed by atoms with van der Waals surface area (Å²) in [7, 11) is 0. The highest BCUT2D eigenvalue weighted by Gasteiger charge is 2.14. The van der Waals surface area contributed by atoms with Gasteiger partial charge in [-0.3, -0.25) is 14.8 Å². The molecule has 1 heterocycles. The molecule has 3 rings (SSSR count). The van der Waals surface area contributed by atoms with Gasteiger partial charge in [0, 0.05) is 29.1 Å². The SMILES string of the molecule is CCn1nc(C)c(CN=C(NC(=O)c2cc(C)cc(C)c2)Nc2cccc(C)c2C)c1C. The molecule has 0 radical (unpaired) electrons. The maximum atomic E-state index is 13.0. The van der Waals surface area contributed by atoms with Crippen LogP contribution in [0.25, 0.3) is 0 Å². The third-order valence-corrected chi connectivity index (χ3v) is 5.80. The van der Waals surface area contributed by atoms with Crippen molar-refractivity contribution in [3.63, 3.8) is 0 Å². The van der Waals surface area contributed by atoms with Gasteiger partial charge in [0.1, 0.15) is 0 Å². The summed E-state index contributed by atoms with van der Waals surface area (Å²) in [4.78, 5) is 17.8. The smallest absolute Gasteiger partial charge is 0.257 e. The van der Waals surface area contributed by atoms with Gasteiger partial charge in [-0.05, 0) is 77.8 Å². The van der Waals surface area contributed by atoms with Gasteiger partial charge in [0.05, 0.1) is 12.2 Å². The van der Waals surface area contributed by atoms with Crippen molar-refractivity contribution in [3.8, 4) is 0 Å². The second kappa shape index (κ2) is 9.81. The lowest BCUT2D eigenvalue weighted by Crippen LogP contribution is -2.36. The lowest BCUT2D eigenvalue weighted by atomic mass is 10.1. The van der Waals surface area contributed by atoms with E-state index in [1.54, 1.807) is 0 Å². The number of guanidine groups is 1. The van der Waals surface area contributed by atoms with Crippen molar-refractivity contribution in [2.24, 2.45) is 4.99 Å². The molecule has 0 aliphatic rings. The summed E-state index contributed by atoms with van der Waals surface area (Å²) in [6, 6.07) is 11.9. The molecule has 32 heavy (non-hydrogen) atoms. The summed E-state index contributed by atoms with van der Waals surface area (Å²) in [5.41, 5.74) is 9.06. The number of amides is 1. The maximum Gasteiger partial charge on any atom is 0.257 e. The Bertz CT molecular complexity index is 1150. The lowest BCUT2D eigenvalue weighted by Gasteiger charge is -2.15. The van der Waals surface area contributed by atoms with E-state index < -0.39 is 0 Å². The minimum absolute atomic E-state index is 0.189. The van der Waals surface area contributed by atoms with Crippen LogP contribution in [0.5, 0.6) is 0 Å². The van der Waals surface area contributed by atoms with Crippen LogP contribution in [0.1, 0.15) is 56.5 Å². The van der Waals surface area contributed by atoms with Crippen LogP contribution >= 0.6 is 0 Å².